The van der Waals surface area contributed by atoms with Gasteiger partial charge in [0, 0.05) is 22.3 Å². The molecule has 1 aromatic heterocycles. The van der Waals surface area contributed by atoms with Crippen LogP contribution in [0.4, 0.5) is 5.69 Å². The summed E-state index contributed by atoms with van der Waals surface area (Å²) in [4.78, 5) is 24.8. The Hall–Kier alpha value is -2.65. The largest absolute Gasteiger partial charge is 0.342 e. The monoisotopic (exact) mass is 501 g/mol. The molecule has 0 aliphatic carbocycles. The van der Waals surface area contributed by atoms with Gasteiger partial charge in [-0.05, 0) is 57.2 Å². The van der Waals surface area contributed by atoms with E-state index in [1.54, 1.807) is 12.1 Å². The van der Waals surface area contributed by atoms with Gasteiger partial charge in [-0.25, -0.2) is 0 Å². The molecular weight excluding hydrogens is 478 g/mol. The summed E-state index contributed by atoms with van der Waals surface area (Å²) in [7, 11) is 0. The molecule has 1 heterocycles. The molecule has 0 fully saturated rings. The van der Waals surface area contributed by atoms with Crippen molar-refractivity contribution in [2.45, 2.75) is 38.5 Å². The predicted molar refractivity (Wildman–Crippen MR) is 126 cm³/mol. The molecule has 0 bridgehead atoms. The Morgan fingerprint density at radius 3 is 2.42 bits per heavy atom. The van der Waals surface area contributed by atoms with Crippen LogP contribution in [0.1, 0.15) is 41.6 Å². The highest BCUT2D eigenvalue weighted by molar-refractivity contribution is 9.10. The third-order valence-electron chi connectivity index (χ3n) is 4.57. The molecule has 0 spiro atoms. The highest BCUT2D eigenvalue weighted by Gasteiger charge is 2.20. The van der Waals surface area contributed by atoms with Crippen molar-refractivity contribution in [2.24, 2.45) is 0 Å². The molecule has 3 rings (SSSR count). The number of benzene rings is 2. The molecule has 0 saturated heterocycles. The second-order valence-corrected chi connectivity index (χ2v) is 8.85. The summed E-state index contributed by atoms with van der Waals surface area (Å²) < 4.78 is 2.87. The van der Waals surface area contributed by atoms with E-state index in [0.29, 0.717) is 23.1 Å². The Bertz CT molecular complexity index is 1050. The van der Waals surface area contributed by atoms with Crippen LogP contribution in [0.5, 0.6) is 0 Å². The smallest absolute Gasteiger partial charge is 0.251 e. The molecule has 2 amide bonds. The number of rotatable bonds is 8. The van der Waals surface area contributed by atoms with Gasteiger partial charge in [0.05, 0.1) is 11.8 Å². The lowest BCUT2D eigenvalue weighted by Gasteiger charge is -2.15. The van der Waals surface area contributed by atoms with E-state index < -0.39 is 0 Å². The minimum atomic E-state index is -0.327. The van der Waals surface area contributed by atoms with Gasteiger partial charge < -0.3 is 15.2 Å². The zero-order valence-electron chi connectivity index (χ0n) is 17.6. The van der Waals surface area contributed by atoms with E-state index in [0.717, 1.165) is 15.7 Å². The van der Waals surface area contributed by atoms with Crippen LogP contribution in [-0.4, -0.2) is 32.3 Å². The molecular formula is C22H24BrN5O2S. The van der Waals surface area contributed by atoms with E-state index in [2.05, 4.69) is 36.8 Å². The number of nitrogens with one attached hydrogen (secondary N) is 2. The number of carbonyl (C=O) groups is 2. The molecule has 0 aliphatic rings. The molecule has 7 nitrogen and oxygen atoms in total. The van der Waals surface area contributed by atoms with Crippen LogP contribution in [-0.2, 0) is 11.3 Å². The number of carbonyl (C=O) groups excluding carboxylic acids is 2. The third kappa shape index (κ3) is 6.18. The van der Waals surface area contributed by atoms with Crippen LogP contribution in [0, 0.1) is 6.92 Å². The van der Waals surface area contributed by atoms with Crippen LogP contribution >= 0.6 is 27.7 Å². The van der Waals surface area contributed by atoms with Crippen molar-refractivity contribution in [3.63, 3.8) is 0 Å². The van der Waals surface area contributed by atoms with Crippen molar-refractivity contribution in [1.29, 1.82) is 0 Å². The first-order valence-electron chi connectivity index (χ1n) is 9.86. The van der Waals surface area contributed by atoms with Gasteiger partial charge in [-0.15, -0.1) is 10.2 Å². The maximum absolute atomic E-state index is 12.5. The predicted octanol–water partition coefficient (Wildman–Crippen LogP) is 4.59. The van der Waals surface area contributed by atoms with Crippen molar-refractivity contribution < 1.29 is 9.59 Å². The van der Waals surface area contributed by atoms with E-state index in [9.17, 15) is 9.59 Å². The fourth-order valence-corrected chi connectivity index (χ4v) is 4.01. The second-order valence-electron chi connectivity index (χ2n) is 6.99. The number of amides is 2. The van der Waals surface area contributed by atoms with E-state index in [-0.39, 0.29) is 23.6 Å². The summed E-state index contributed by atoms with van der Waals surface area (Å²) >= 11 is 4.69. The molecule has 3 aromatic rings. The topological polar surface area (TPSA) is 88.9 Å². The molecule has 0 aliphatic heterocycles. The quantitative estimate of drug-likeness (QED) is 0.440. The number of nitrogens with zero attached hydrogens (tertiary/aromatic N) is 3. The van der Waals surface area contributed by atoms with Crippen molar-refractivity contribution in [3.05, 3.63) is 70.0 Å². The van der Waals surface area contributed by atoms with Gasteiger partial charge in [-0.2, -0.15) is 0 Å². The van der Waals surface area contributed by atoms with E-state index in [1.165, 1.54) is 11.8 Å². The summed E-state index contributed by atoms with van der Waals surface area (Å²) in [6, 6.07) is 14.5. The molecule has 2 aromatic carbocycles. The first-order valence-corrected chi connectivity index (χ1v) is 11.6. The fraction of sp³-hybridized carbons (Fsp3) is 0.273. The van der Waals surface area contributed by atoms with E-state index >= 15 is 0 Å². The van der Waals surface area contributed by atoms with E-state index in [1.807, 2.05) is 61.7 Å². The molecule has 0 unspecified atom stereocenters. The average Bonchev–Trinajstić information content (AvgIpc) is 3.17. The van der Waals surface area contributed by atoms with Crippen LogP contribution in [0.2, 0.25) is 0 Å². The van der Waals surface area contributed by atoms with Crippen LogP contribution in [0.25, 0.3) is 0 Å². The maximum Gasteiger partial charge on any atom is 0.251 e. The Labute approximate surface area is 194 Å². The summed E-state index contributed by atoms with van der Waals surface area (Å²) in [5, 5.41) is 15.0. The SMILES string of the molecule is CCn1c(SCC(=O)Nc2ccc(Br)cc2)nnc1[C@@H](C)NC(=O)c1ccc(C)cc1. The van der Waals surface area contributed by atoms with Gasteiger partial charge in [0.15, 0.2) is 11.0 Å². The first kappa shape index (κ1) is 23.0. The normalized spacial score (nSPS) is 11.7. The molecule has 0 radical (unpaired) electrons. The molecule has 31 heavy (non-hydrogen) atoms. The van der Waals surface area contributed by atoms with Crippen LogP contribution in [0.15, 0.2) is 58.2 Å². The average molecular weight is 502 g/mol. The van der Waals surface area contributed by atoms with Gasteiger partial charge in [0.2, 0.25) is 5.91 Å². The Morgan fingerprint density at radius 2 is 1.77 bits per heavy atom. The third-order valence-corrected chi connectivity index (χ3v) is 6.07. The van der Waals surface area contributed by atoms with Gasteiger partial charge in [-0.1, -0.05) is 45.4 Å². The van der Waals surface area contributed by atoms with Crippen molar-refractivity contribution in [3.8, 4) is 0 Å². The lowest BCUT2D eigenvalue weighted by Crippen LogP contribution is -2.28. The van der Waals surface area contributed by atoms with Crippen LogP contribution in [0.3, 0.4) is 0 Å². The Balaban J connectivity index is 1.61. The first-order chi connectivity index (χ1) is 14.9. The minimum Gasteiger partial charge on any atom is -0.342 e. The van der Waals surface area contributed by atoms with Crippen molar-refractivity contribution >= 4 is 45.2 Å². The van der Waals surface area contributed by atoms with Gasteiger partial charge in [0.1, 0.15) is 0 Å². The number of thioether (sulfide) groups is 1. The molecule has 162 valence electrons. The molecule has 0 saturated carbocycles. The standard InChI is InChI=1S/C22H24BrN5O2S/c1-4-28-20(15(3)24-21(30)16-7-5-14(2)6-8-16)26-27-22(28)31-13-19(29)25-18-11-9-17(23)10-12-18/h5-12,15H,4,13H2,1-3H3,(H,24,30)(H,25,29)/t15-/m1/s1. The van der Waals surface area contributed by atoms with Gasteiger partial charge in [-0.3, -0.25) is 9.59 Å². The molecule has 9 heteroatoms. The highest BCUT2D eigenvalue weighted by Crippen LogP contribution is 2.21. The highest BCUT2D eigenvalue weighted by atomic mass is 79.9. The summed E-state index contributed by atoms with van der Waals surface area (Å²) in [6.07, 6.45) is 0. The zero-order valence-corrected chi connectivity index (χ0v) is 20.0. The maximum atomic E-state index is 12.5. The number of hydrogen-bond donors (Lipinski definition) is 2. The number of anilines is 1. The number of aryl methyl sites for hydroxylation is 1. The summed E-state index contributed by atoms with van der Waals surface area (Å²) in [5.74, 6) is 0.568. The Kier molecular flexibility index (Phi) is 7.86. The van der Waals surface area contributed by atoms with E-state index in [4.69, 9.17) is 0 Å². The zero-order chi connectivity index (χ0) is 22.4. The van der Waals surface area contributed by atoms with Crippen molar-refractivity contribution in [2.75, 3.05) is 11.1 Å². The van der Waals surface area contributed by atoms with Crippen LogP contribution < -0.4 is 10.6 Å². The second kappa shape index (κ2) is 10.6. The summed E-state index contributed by atoms with van der Waals surface area (Å²) in [5.41, 5.74) is 2.43. The lowest BCUT2D eigenvalue weighted by molar-refractivity contribution is -0.113. The number of aromatic nitrogens is 3. The lowest BCUT2D eigenvalue weighted by atomic mass is 10.1. The van der Waals surface area contributed by atoms with Gasteiger partial charge in [0.25, 0.3) is 5.91 Å². The minimum absolute atomic E-state index is 0.125. The number of hydrogen-bond acceptors (Lipinski definition) is 5. The molecule has 2 N–H and O–H groups in total. The molecule has 1 atom stereocenters. The number of halogens is 1. The summed E-state index contributed by atoms with van der Waals surface area (Å²) in [6.45, 7) is 6.46. The fourth-order valence-electron chi connectivity index (χ4n) is 2.93. The Morgan fingerprint density at radius 1 is 1.10 bits per heavy atom. The van der Waals surface area contributed by atoms with Gasteiger partial charge >= 0.3 is 0 Å². The van der Waals surface area contributed by atoms with Crippen molar-refractivity contribution in [1.82, 2.24) is 20.1 Å².